The van der Waals surface area contributed by atoms with E-state index in [4.69, 9.17) is 9.47 Å². The van der Waals surface area contributed by atoms with Crippen LogP contribution >= 0.6 is 0 Å². The molecule has 1 unspecified atom stereocenters. The normalized spacial score (nSPS) is 12.1. The Kier molecular flexibility index (Phi) is 7.79. The van der Waals surface area contributed by atoms with Crippen LogP contribution in [0.5, 0.6) is 5.75 Å². The third-order valence-electron chi connectivity index (χ3n) is 3.62. The van der Waals surface area contributed by atoms with Crippen LogP contribution in [0.4, 0.5) is 0 Å². The van der Waals surface area contributed by atoms with E-state index in [0.717, 1.165) is 24.2 Å². The number of esters is 1. The fourth-order valence-electron chi connectivity index (χ4n) is 2.30. The molecule has 23 heavy (non-hydrogen) atoms. The summed E-state index contributed by atoms with van der Waals surface area (Å²) in [5, 5.41) is 0. The molecule has 0 aliphatic heterocycles. The summed E-state index contributed by atoms with van der Waals surface area (Å²) in [7, 11) is 0. The Bertz CT molecular complexity index is 534. The lowest BCUT2D eigenvalue weighted by atomic mass is 9.98. The SMILES string of the molecule is CC(=O)C(CCCCOc1cc(C)ccc1C)C(=O)OC(C)C. The number of carbonyl (C=O) groups excluding carboxylic acids is 2. The number of aryl methyl sites for hydroxylation is 2. The molecule has 4 heteroatoms. The molecule has 1 aromatic carbocycles. The highest BCUT2D eigenvalue weighted by Crippen LogP contribution is 2.20. The largest absolute Gasteiger partial charge is 0.493 e. The number of unbranched alkanes of at least 4 members (excludes halogenated alkanes) is 1. The van der Waals surface area contributed by atoms with Gasteiger partial charge in [0.25, 0.3) is 0 Å². The molecular weight excluding hydrogens is 292 g/mol. The number of ether oxygens (including phenoxy) is 2. The average molecular weight is 320 g/mol. The first kappa shape index (κ1) is 19.2. The second-order valence-electron chi connectivity index (χ2n) is 6.26. The zero-order valence-corrected chi connectivity index (χ0v) is 14.8. The highest BCUT2D eigenvalue weighted by molar-refractivity contribution is 5.97. The molecule has 0 aliphatic carbocycles. The molecule has 0 spiro atoms. The number of ketones is 1. The van der Waals surface area contributed by atoms with Gasteiger partial charge in [-0.3, -0.25) is 9.59 Å². The van der Waals surface area contributed by atoms with Crippen molar-refractivity contribution in [2.75, 3.05) is 6.61 Å². The molecule has 0 heterocycles. The first-order chi connectivity index (χ1) is 10.8. The van der Waals surface area contributed by atoms with Crippen LogP contribution in [0.3, 0.4) is 0 Å². The monoisotopic (exact) mass is 320 g/mol. The zero-order chi connectivity index (χ0) is 17.4. The van der Waals surface area contributed by atoms with E-state index in [1.54, 1.807) is 13.8 Å². The van der Waals surface area contributed by atoms with Crippen molar-refractivity contribution < 1.29 is 19.1 Å². The minimum Gasteiger partial charge on any atom is -0.493 e. The molecule has 0 bridgehead atoms. The molecule has 0 amide bonds. The van der Waals surface area contributed by atoms with Crippen molar-refractivity contribution >= 4 is 11.8 Å². The van der Waals surface area contributed by atoms with Gasteiger partial charge in [-0.05, 0) is 71.1 Å². The molecule has 0 radical (unpaired) electrons. The van der Waals surface area contributed by atoms with Gasteiger partial charge < -0.3 is 9.47 Å². The lowest BCUT2D eigenvalue weighted by Crippen LogP contribution is -2.26. The van der Waals surface area contributed by atoms with E-state index in [2.05, 4.69) is 6.07 Å². The molecule has 1 aromatic rings. The molecule has 0 saturated heterocycles. The smallest absolute Gasteiger partial charge is 0.316 e. The van der Waals surface area contributed by atoms with Crippen LogP contribution in [0.25, 0.3) is 0 Å². The van der Waals surface area contributed by atoms with Crippen molar-refractivity contribution in [3.8, 4) is 5.75 Å². The van der Waals surface area contributed by atoms with Crippen molar-refractivity contribution in [1.29, 1.82) is 0 Å². The predicted molar refractivity (Wildman–Crippen MR) is 90.7 cm³/mol. The summed E-state index contributed by atoms with van der Waals surface area (Å²) in [6, 6.07) is 6.12. The Balaban J connectivity index is 2.38. The van der Waals surface area contributed by atoms with Gasteiger partial charge in [0.2, 0.25) is 0 Å². The number of benzene rings is 1. The van der Waals surface area contributed by atoms with Gasteiger partial charge in [-0.25, -0.2) is 0 Å². The molecule has 0 aromatic heterocycles. The Morgan fingerprint density at radius 2 is 1.83 bits per heavy atom. The second kappa shape index (κ2) is 9.33. The lowest BCUT2D eigenvalue weighted by Gasteiger charge is -2.15. The molecular formula is C19H28O4. The van der Waals surface area contributed by atoms with Gasteiger partial charge in [0.1, 0.15) is 17.5 Å². The number of Topliss-reactive ketones (excluding diaryl/α,β-unsaturated/α-hetero) is 1. The van der Waals surface area contributed by atoms with Crippen molar-refractivity contribution in [2.24, 2.45) is 5.92 Å². The zero-order valence-electron chi connectivity index (χ0n) is 14.8. The highest BCUT2D eigenvalue weighted by atomic mass is 16.5. The van der Waals surface area contributed by atoms with Crippen LogP contribution < -0.4 is 4.74 Å². The van der Waals surface area contributed by atoms with E-state index in [9.17, 15) is 9.59 Å². The van der Waals surface area contributed by atoms with Gasteiger partial charge in [0.05, 0.1) is 12.7 Å². The molecule has 4 nitrogen and oxygen atoms in total. The van der Waals surface area contributed by atoms with Gasteiger partial charge in [0.15, 0.2) is 0 Å². The van der Waals surface area contributed by atoms with E-state index >= 15 is 0 Å². The molecule has 1 rings (SSSR count). The maximum absolute atomic E-state index is 11.9. The molecule has 0 fully saturated rings. The third-order valence-corrected chi connectivity index (χ3v) is 3.62. The number of rotatable bonds is 9. The maximum atomic E-state index is 11.9. The summed E-state index contributed by atoms with van der Waals surface area (Å²) in [6.45, 7) is 9.64. The van der Waals surface area contributed by atoms with Gasteiger partial charge in [-0.15, -0.1) is 0 Å². The van der Waals surface area contributed by atoms with Crippen molar-refractivity contribution in [2.45, 2.75) is 60.0 Å². The predicted octanol–water partition coefficient (Wildman–Crippen LogP) is 4.01. The molecule has 0 saturated carbocycles. The van der Waals surface area contributed by atoms with Crippen LogP contribution in [-0.2, 0) is 14.3 Å². The van der Waals surface area contributed by atoms with Crippen LogP contribution in [0.15, 0.2) is 18.2 Å². The van der Waals surface area contributed by atoms with E-state index in [1.165, 1.54) is 12.5 Å². The first-order valence-electron chi connectivity index (χ1n) is 8.22. The fourth-order valence-corrected chi connectivity index (χ4v) is 2.30. The van der Waals surface area contributed by atoms with Gasteiger partial charge in [-0.2, -0.15) is 0 Å². The number of hydrogen-bond donors (Lipinski definition) is 0. The minimum absolute atomic E-state index is 0.133. The van der Waals surface area contributed by atoms with Crippen LogP contribution in [0, 0.1) is 19.8 Å². The van der Waals surface area contributed by atoms with Gasteiger partial charge >= 0.3 is 5.97 Å². The Hall–Kier alpha value is -1.84. The lowest BCUT2D eigenvalue weighted by molar-refractivity contribution is -0.155. The Morgan fingerprint density at radius 3 is 2.43 bits per heavy atom. The third kappa shape index (κ3) is 6.85. The summed E-state index contributed by atoms with van der Waals surface area (Å²) in [6.07, 6.45) is 1.86. The maximum Gasteiger partial charge on any atom is 0.316 e. The summed E-state index contributed by atoms with van der Waals surface area (Å²) in [5.74, 6) is -0.306. The van der Waals surface area contributed by atoms with Crippen LogP contribution in [0.2, 0.25) is 0 Å². The topological polar surface area (TPSA) is 52.6 Å². The number of carbonyl (C=O) groups is 2. The standard InChI is InChI=1S/C19H28O4/c1-13(2)23-19(21)17(16(5)20)8-6-7-11-22-18-12-14(3)9-10-15(18)4/h9-10,12-13,17H,6-8,11H2,1-5H3. The molecule has 1 atom stereocenters. The summed E-state index contributed by atoms with van der Waals surface area (Å²) >= 11 is 0. The fraction of sp³-hybridized carbons (Fsp3) is 0.579. The highest BCUT2D eigenvalue weighted by Gasteiger charge is 2.25. The van der Waals surface area contributed by atoms with E-state index in [0.29, 0.717) is 13.0 Å². The van der Waals surface area contributed by atoms with E-state index in [-0.39, 0.29) is 11.9 Å². The van der Waals surface area contributed by atoms with Gasteiger partial charge in [-0.1, -0.05) is 12.1 Å². The number of hydrogen-bond acceptors (Lipinski definition) is 4. The summed E-state index contributed by atoms with van der Waals surface area (Å²) < 4.78 is 10.9. The van der Waals surface area contributed by atoms with Crippen molar-refractivity contribution in [3.05, 3.63) is 29.3 Å². The summed E-state index contributed by atoms with van der Waals surface area (Å²) in [4.78, 5) is 23.5. The van der Waals surface area contributed by atoms with E-state index < -0.39 is 11.9 Å². The first-order valence-corrected chi connectivity index (χ1v) is 8.22. The average Bonchev–Trinajstić information content (AvgIpc) is 2.44. The van der Waals surface area contributed by atoms with Crippen molar-refractivity contribution in [1.82, 2.24) is 0 Å². The molecule has 0 aliphatic rings. The minimum atomic E-state index is -0.655. The van der Waals surface area contributed by atoms with Crippen molar-refractivity contribution in [3.63, 3.8) is 0 Å². The van der Waals surface area contributed by atoms with Crippen LogP contribution in [-0.4, -0.2) is 24.5 Å². The summed E-state index contributed by atoms with van der Waals surface area (Å²) in [5.41, 5.74) is 2.27. The Labute approximate surface area is 139 Å². The van der Waals surface area contributed by atoms with Gasteiger partial charge in [0, 0.05) is 0 Å². The van der Waals surface area contributed by atoms with Crippen LogP contribution in [0.1, 0.15) is 51.2 Å². The Morgan fingerprint density at radius 1 is 1.13 bits per heavy atom. The van der Waals surface area contributed by atoms with E-state index in [1.807, 2.05) is 26.0 Å². The molecule has 128 valence electrons. The second-order valence-corrected chi connectivity index (χ2v) is 6.26. The molecule has 0 N–H and O–H groups in total. The quantitative estimate of drug-likeness (QED) is 0.392.